The second-order valence-electron chi connectivity index (χ2n) is 3.78. The predicted molar refractivity (Wildman–Crippen MR) is 79.6 cm³/mol. The molecule has 0 spiro atoms. The molecule has 2 nitrogen and oxygen atoms in total. The molecule has 92 valence electrons. The van der Waals surface area contributed by atoms with Crippen molar-refractivity contribution in [1.82, 2.24) is 4.98 Å². The van der Waals surface area contributed by atoms with Gasteiger partial charge >= 0.3 is 0 Å². The highest BCUT2D eigenvalue weighted by molar-refractivity contribution is 7.17. The van der Waals surface area contributed by atoms with Gasteiger partial charge in [0.25, 0.3) is 0 Å². The van der Waals surface area contributed by atoms with Crippen molar-refractivity contribution in [2.24, 2.45) is 0 Å². The molecule has 0 fully saturated rings. The van der Waals surface area contributed by atoms with E-state index >= 15 is 0 Å². The Hall–Kier alpha value is -1.75. The summed E-state index contributed by atoms with van der Waals surface area (Å²) < 4.78 is 0. The van der Waals surface area contributed by atoms with Crippen molar-refractivity contribution in [2.45, 2.75) is 12.6 Å². The second kappa shape index (κ2) is 7.55. The smallest absolute Gasteiger partial charge is 0.168 e. The maximum Gasteiger partial charge on any atom is 0.168 e. The Morgan fingerprint density at radius 3 is 2.83 bits per heavy atom. The third kappa shape index (κ3) is 4.63. The van der Waals surface area contributed by atoms with E-state index in [4.69, 9.17) is 0 Å². The molecular weight excluding hydrogens is 241 g/mol. The first-order valence-electron chi connectivity index (χ1n) is 5.60. The van der Waals surface area contributed by atoms with E-state index in [-0.39, 0.29) is 0 Å². The van der Waals surface area contributed by atoms with E-state index in [0.717, 1.165) is 17.4 Å². The minimum absolute atomic E-state index is 0.377. The summed E-state index contributed by atoms with van der Waals surface area (Å²) in [4.78, 5) is 14.6. The number of allylic oxidation sites excluding steroid dienone is 4. The van der Waals surface area contributed by atoms with Gasteiger partial charge in [-0.05, 0) is 29.5 Å². The molecule has 0 aliphatic carbocycles. The Balaban J connectivity index is 3.05. The van der Waals surface area contributed by atoms with Gasteiger partial charge in [0.05, 0.1) is 0 Å². The summed E-state index contributed by atoms with van der Waals surface area (Å²) in [6.07, 6.45) is 9.82. The van der Waals surface area contributed by atoms with Gasteiger partial charge in [0, 0.05) is 11.8 Å². The Labute approximate surface area is 110 Å². The van der Waals surface area contributed by atoms with Crippen LogP contribution in [-0.4, -0.2) is 16.9 Å². The number of nitrogens with zero attached hydrogens (tertiary/aromatic N) is 1. The fraction of sp³-hybridized carbons (Fsp3) is 0.133. The van der Waals surface area contributed by atoms with Crippen molar-refractivity contribution in [1.29, 1.82) is 0 Å². The van der Waals surface area contributed by atoms with Crippen LogP contribution in [0.15, 0.2) is 54.9 Å². The largest absolute Gasteiger partial charge is 0.296 e. The van der Waals surface area contributed by atoms with E-state index < -0.39 is 0 Å². The van der Waals surface area contributed by atoms with Crippen molar-refractivity contribution in [2.75, 3.05) is 0 Å². The number of pyridine rings is 1. The van der Waals surface area contributed by atoms with Gasteiger partial charge < -0.3 is 0 Å². The molecule has 0 saturated carbocycles. The van der Waals surface area contributed by atoms with Crippen LogP contribution in [0, 0.1) is 0 Å². The third-order valence-electron chi connectivity index (χ3n) is 2.14. The number of hydrogen-bond acceptors (Lipinski definition) is 2. The molecule has 0 aliphatic heterocycles. The van der Waals surface area contributed by atoms with Crippen LogP contribution in [-0.2, 0) is 0 Å². The van der Waals surface area contributed by atoms with Gasteiger partial charge in [0.2, 0.25) is 0 Å². The van der Waals surface area contributed by atoms with Crippen LogP contribution in [0.3, 0.4) is 0 Å². The number of aldehydes is 1. The molecule has 1 rings (SSSR count). The summed E-state index contributed by atoms with van der Waals surface area (Å²) in [5.41, 5.74) is 5.80. The number of hydrogen-bond donors (Lipinski definition) is 0. The summed E-state index contributed by atoms with van der Waals surface area (Å²) >= 11 is 0. The molecule has 3 heteroatoms. The van der Waals surface area contributed by atoms with Crippen LogP contribution >= 0.6 is 9.24 Å². The number of rotatable bonds is 5. The topological polar surface area (TPSA) is 30.0 Å². The first-order chi connectivity index (χ1) is 8.67. The zero-order valence-corrected chi connectivity index (χ0v) is 11.5. The van der Waals surface area contributed by atoms with E-state index in [0.29, 0.717) is 11.4 Å². The van der Waals surface area contributed by atoms with Gasteiger partial charge in [0.1, 0.15) is 5.69 Å². The number of carbonyl (C=O) groups excluding carboxylic acids is 1. The van der Waals surface area contributed by atoms with Crippen molar-refractivity contribution >= 4 is 21.1 Å². The molecule has 0 radical (unpaired) electrons. The lowest BCUT2D eigenvalue weighted by Crippen LogP contribution is -1.88. The lowest BCUT2D eigenvalue weighted by Gasteiger charge is -2.00. The van der Waals surface area contributed by atoms with E-state index in [1.54, 1.807) is 18.3 Å². The molecular formula is C15H16NOP. The zero-order chi connectivity index (χ0) is 13.4. The highest BCUT2D eigenvalue weighted by atomic mass is 31.0. The predicted octanol–water partition coefficient (Wildman–Crippen LogP) is 3.44. The van der Waals surface area contributed by atoms with Gasteiger partial charge in [0.15, 0.2) is 6.29 Å². The molecule has 1 aromatic heterocycles. The summed E-state index contributed by atoms with van der Waals surface area (Å²) in [7, 11) is 2.68. The molecule has 0 N–H and O–H groups in total. The molecule has 1 aromatic rings. The molecule has 2 atom stereocenters. The van der Waals surface area contributed by atoms with Crippen LogP contribution in [0.25, 0.3) is 5.57 Å². The quantitative estimate of drug-likeness (QED) is 0.350. The lowest BCUT2D eigenvalue weighted by molar-refractivity contribution is 0.111. The standard InChI is InChI=1S/C15H16NOP/c1-3-5-13(7-4-6-12(2)18)14-8-9-15(11-17)16-10-14/h3,5-12H,1,18H2,2H3/b13-5+. The molecule has 0 amide bonds. The Bertz CT molecular complexity index is 506. The van der Waals surface area contributed by atoms with Gasteiger partial charge in [-0.15, -0.1) is 15.0 Å². The van der Waals surface area contributed by atoms with Crippen LogP contribution in [0.2, 0.25) is 0 Å². The average Bonchev–Trinajstić information content (AvgIpc) is 2.37. The molecule has 1 heterocycles. The molecule has 0 saturated heterocycles. The van der Waals surface area contributed by atoms with Crippen LogP contribution in [0.4, 0.5) is 0 Å². The molecule has 18 heavy (non-hydrogen) atoms. The van der Waals surface area contributed by atoms with Crippen molar-refractivity contribution in [3.63, 3.8) is 0 Å². The summed E-state index contributed by atoms with van der Waals surface area (Å²) in [5.74, 6) is 0. The van der Waals surface area contributed by atoms with E-state index in [1.165, 1.54) is 0 Å². The van der Waals surface area contributed by atoms with Crippen LogP contribution < -0.4 is 0 Å². The van der Waals surface area contributed by atoms with Gasteiger partial charge in [-0.25, -0.2) is 0 Å². The van der Waals surface area contributed by atoms with Gasteiger partial charge in [-0.2, -0.15) is 0 Å². The van der Waals surface area contributed by atoms with Gasteiger partial charge in [-0.3, -0.25) is 9.78 Å². The number of aromatic nitrogens is 1. The van der Waals surface area contributed by atoms with Crippen molar-refractivity contribution in [3.8, 4) is 0 Å². The molecule has 2 unspecified atom stereocenters. The molecule has 0 aliphatic rings. The molecule has 0 aromatic carbocycles. The normalized spacial score (nSPS) is 12.2. The first-order valence-corrected chi connectivity index (χ1v) is 6.26. The van der Waals surface area contributed by atoms with E-state index in [9.17, 15) is 4.79 Å². The second-order valence-corrected chi connectivity index (χ2v) is 4.84. The average molecular weight is 257 g/mol. The maximum atomic E-state index is 10.5. The highest BCUT2D eigenvalue weighted by Gasteiger charge is 1.98. The monoisotopic (exact) mass is 257 g/mol. The Morgan fingerprint density at radius 2 is 2.33 bits per heavy atom. The SMILES string of the molecule is C=C/C=C(\C=C=CC(C)P)c1ccc(C=O)nc1. The van der Waals surface area contributed by atoms with Crippen molar-refractivity contribution < 1.29 is 4.79 Å². The Kier molecular flexibility index (Phi) is 6.00. The summed E-state index contributed by atoms with van der Waals surface area (Å²) in [6, 6.07) is 3.55. The maximum absolute atomic E-state index is 10.5. The fourth-order valence-electron chi connectivity index (χ4n) is 1.29. The van der Waals surface area contributed by atoms with E-state index in [1.807, 2.05) is 24.3 Å². The van der Waals surface area contributed by atoms with Gasteiger partial charge in [-0.1, -0.05) is 31.7 Å². The minimum Gasteiger partial charge on any atom is -0.296 e. The lowest BCUT2D eigenvalue weighted by atomic mass is 10.1. The van der Waals surface area contributed by atoms with E-state index in [2.05, 4.69) is 33.5 Å². The number of carbonyl (C=O) groups is 1. The Morgan fingerprint density at radius 1 is 1.56 bits per heavy atom. The zero-order valence-electron chi connectivity index (χ0n) is 10.3. The van der Waals surface area contributed by atoms with Crippen LogP contribution in [0.5, 0.6) is 0 Å². The summed E-state index contributed by atoms with van der Waals surface area (Å²) in [6.45, 7) is 5.75. The first kappa shape index (κ1) is 14.3. The molecule has 0 bridgehead atoms. The van der Waals surface area contributed by atoms with Crippen molar-refractivity contribution in [3.05, 3.63) is 66.2 Å². The van der Waals surface area contributed by atoms with Crippen LogP contribution in [0.1, 0.15) is 23.0 Å². The third-order valence-corrected chi connectivity index (χ3v) is 2.33. The fourth-order valence-corrected chi connectivity index (χ4v) is 1.40. The summed E-state index contributed by atoms with van der Waals surface area (Å²) in [5, 5.41) is 0. The highest BCUT2D eigenvalue weighted by Crippen LogP contribution is 2.15. The minimum atomic E-state index is 0.377.